The van der Waals surface area contributed by atoms with Crippen LogP contribution in [-0.4, -0.2) is 25.1 Å². The molecule has 0 bridgehead atoms. The number of aryl methyl sites for hydroxylation is 1. The van der Waals surface area contributed by atoms with Crippen LogP contribution >= 0.6 is 11.3 Å². The van der Waals surface area contributed by atoms with E-state index in [9.17, 15) is 4.79 Å². The number of pyridine rings is 1. The number of methoxy groups -OCH3 is 2. The molecule has 7 heteroatoms. The zero-order chi connectivity index (χ0) is 22.3. The summed E-state index contributed by atoms with van der Waals surface area (Å²) in [6.45, 7) is 6.89. The summed E-state index contributed by atoms with van der Waals surface area (Å²) in [5.41, 5.74) is 10.1. The van der Waals surface area contributed by atoms with Gasteiger partial charge in [0.1, 0.15) is 21.2 Å². The number of fused-ring (bicyclic) bond motifs is 2. The largest absolute Gasteiger partial charge is 0.497 e. The zero-order valence-corrected chi connectivity index (χ0v) is 19.5. The van der Waals surface area contributed by atoms with Gasteiger partial charge in [0.05, 0.1) is 19.9 Å². The van der Waals surface area contributed by atoms with Crippen molar-refractivity contribution < 1.29 is 14.3 Å². The number of ether oxygens (including phenoxy) is 2. The number of rotatable bonds is 4. The molecule has 0 saturated heterocycles. The van der Waals surface area contributed by atoms with Gasteiger partial charge in [0, 0.05) is 35.0 Å². The maximum Gasteiger partial charge on any atom is 0.267 e. The fourth-order valence-electron chi connectivity index (χ4n) is 4.17. The van der Waals surface area contributed by atoms with Crippen molar-refractivity contribution in [2.75, 3.05) is 25.3 Å². The molecule has 0 saturated carbocycles. The molecule has 164 valence electrons. The number of carbonyl (C=O) groups is 1. The number of carbonyl (C=O) groups excluding carboxylic acids is 1. The van der Waals surface area contributed by atoms with E-state index in [1.165, 1.54) is 16.9 Å². The van der Waals surface area contributed by atoms with Crippen LogP contribution in [0, 0.1) is 11.3 Å². The number of hydrogen-bond acceptors (Lipinski definition) is 6. The Bertz CT molecular complexity index is 1120. The molecular formula is C24H29N3O3S. The number of amides is 1. The lowest BCUT2D eigenvalue weighted by Crippen LogP contribution is -2.27. The number of nitrogens with zero attached hydrogens (tertiary/aromatic N) is 1. The third-order valence-electron chi connectivity index (χ3n) is 6.13. The van der Waals surface area contributed by atoms with Crippen LogP contribution in [0.15, 0.2) is 24.3 Å². The molecule has 0 radical (unpaired) electrons. The summed E-state index contributed by atoms with van der Waals surface area (Å²) in [6.07, 6.45) is 3.11. The molecule has 0 spiro atoms. The van der Waals surface area contributed by atoms with Crippen LogP contribution in [0.2, 0.25) is 0 Å². The average Bonchev–Trinajstić information content (AvgIpc) is 3.06. The molecule has 1 unspecified atom stereocenters. The Morgan fingerprint density at radius 1 is 1.16 bits per heavy atom. The highest BCUT2D eigenvalue weighted by molar-refractivity contribution is 7.21. The molecule has 31 heavy (non-hydrogen) atoms. The topological polar surface area (TPSA) is 86.5 Å². The minimum Gasteiger partial charge on any atom is -0.497 e. The highest BCUT2D eigenvalue weighted by Crippen LogP contribution is 2.40. The van der Waals surface area contributed by atoms with Gasteiger partial charge in [-0.05, 0) is 42.2 Å². The van der Waals surface area contributed by atoms with Crippen LogP contribution < -0.4 is 20.5 Å². The molecule has 1 amide bonds. The number of nitrogens with one attached hydrogen (secondary N) is 1. The van der Waals surface area contributed by atoms with Gasteiger partial charge in [-0.2, -0.15) is 0 Å². The van der Waals surface area contributed by atoms with E-state index in [1.807, 2.05) is 0 Å². The Morgan fingerprint density at radius 2 is 1.84 bits per heavy atom. The van der Waals surface area contributed by atoms with Crippen molar-refractivity contribution in [3.8, 4) is 11.5 Å². The van der Waals surface area contributed by atoms with Gasteiger partial charge in [-0.3, -0.25) is 4.79 Å². The molecule has 1 atom stereocenters. The fraction of sp³-hybridized carbons (Fsp3) is 0.417. The summed E-state index contributed by atoms with van der Waals surface area (Å²) in [5.74, 6) is 1.55. The van der Waals surface area contributed by atoms with Crippen LogP contribution in [0.3, 0.4) is 0 Å². The first-order valence-corrected chi connectivity index (χ1v) is 11.3. The van der Waals surface area contributed by atoms with Gasteiger partial charge in [-0.15, -0.1) is 11.3 Å². The van der Waals surface area contributed by atoms with Gasteiger partial charge in [0.15, 0.2) is 0 Å². The first-order chi connectivity index (χ1) is 14.7. The van der Waals surface area contributed by atoms with Gasteiger partial charge in [-0.25, -0.2) is 4.98 Å². The zero-order valence-electron chi connectivity index (χ0n) is 18.7. The molecule has 4 rings (SSSR count). The summed E-state index contributed by atoms with van der Waals surface area (Å²) in [6, 6.07) is 7.39. The minimum absolute atomic E-state index is 0.260. The van der Waals surface area contributed by atoms with Crippen LogP contribution in [-0.2, 0) is 12.8 Å². The highest BCUT2D eigenvalue weighted by Gasteiger charge is 2.30. The lowest BCUT2D eigenvalue weighted by Gasteiger charge is -2.34. The van der Waals surface area contributed by atoms with Crippen molar-refractivity contribution in [2.45, 2.75) is 40.0 Å². The highest BCUT2D eigenvalue weighted by atomic mass is 32.1. The van der Waals surface area contributed by atoms with Crippen molar-refractivity contribution in [3.05, 3.63) is 40.4 Å². The monoisotopic (exact) mass is 439 g/mol. The molecule has 1 aliphatic carbocycles. The second-order valence-corrected chi connectivity index (χ2v) is 10.2. The normalized spacial score (nSPS) is 16.1. The van der Waals surface area contributed by atoms with Crippen molar-refractivity contribution in [1.82, 2.24) is 4.98 Å². The molecule has 3 N–H and O–H groups in total. The Morgan fingerprint density at radius 3 is 2.45 bits per heavy atom. The second-order valence-electron chi connectivity index (χ2n) is 9.15. The van der Waals surface area contributed by atoms with E-state index in [1.54, 1.807) is 32.4 Å². The minimum atomic E-state index is -0.263. The third-order valence-corrected chi connectivity index (χ3v) is 7.24. The van der Waals surface area contributed by atoms with E-state index >= 15 is 0 Å². The number of aromatic nitrogens is 1. The van der Waals surface area contributed by atoms with Crippen molar-refractivity contribution in [2.24, 2.45) is 11.3 Å². The smallest absolute Gasteiger partial charge is 0.267 e. The SMILES string of the molecule is COc1cc(NC(=O)c2sc3nc4c(cc3c2N)CC(C(C)(C)C)CC4)cc(OC)c1. The number of benzene rings is 1. The molecule has 2 heterocycles. The van der Waals surface area contributed by atoms with Gasteiger partial charge < -0.3 is 20.5 Å². The maximum atomic E-state index is 13.0. The standard InChI is InChI=1S/C24H29N3O3S/c1-24(2,3)14-6-7-19-13(8-14)9-18-20(25)21(31-23(18)27-19)22(28)26-15-10-16(29-4)12-17(11-15)30-5/h9-12,14H,6-8,25H2,1-5H3,(H,26,28). The molecule has 1 aromatic carbocycles. The molecule has 1 aliphatic rings. The predicted molar refractivity (Wildman–Crippen MR) is 127 cm³/mol. The van der Waals surface area contributed by atoms with Gasteiger partial charge in [0.2, 0.25) is 0 Å². The van der Waals surface area contributed by atoms with Crippen LogP contribution in [0.25, 0.3) is 10.2 Å². The van der Waals surface area contributed by atoms with Crippen molar-refractivity contribution >= 4 is 38.8 Å². The van der Waals surface area contributed by atoms with Gasteiger partial charge in [0.25, 0.3) is 5.91 Å². The van der Waals surface area contributed by atoms with Gasteiger partial charge >= 0.3 is 0 Å². The average molecular weight is 440 g/mol. The summed E-state index contributed by atoms with van der Waals surface area (Å²) >= 11 is 1.34. The van der Waals surface area contributed by atoms with Gasteiger partial charge in [-0.1, -0.05) is 20.8 Å². The van der Waals surface area contributed by atoms with E-state index in [4.69, 9.17) is 20.2 Å². The first kappa shape index (κ1) is 21.4. The van der Waals surface area contributed by atoms with Crippen molar-refractivity contribution in [3.63, 3.8) is 0 Å². The number of hydrogen-bond donors (Lipinski definition) is 2. The lowest BCUT2D eigenvalue weighted by atomic mass is 9.71. The fourth-order valence-corrected chi connectivity index (χ4v) is 5.16. The maximum absolute atomic E-state index is 13.0. The number of nitrogens with two attached hydrogens (primary N) is 1. The van der Waals surface area contributed by atoms with Crippen LogP contribution in [0.4, 0.5) is 11.4 Å². The molecule has 2 aromatic heterocycles. The van der Waals surface area contributed by atoms with E-state index in [0.717, 1.165) is 35.2 Å². The first-order valence-electron chi connectivity index (χ1n) is 10.4. The molecular weight excluding hydrogens is 410 g/mol. The lowest BCUT2D eigenvalue weighted by molar-refractivity contribution is 0.103. The Balaban J connectivity index is 1.65. The summed E-state index contributed by atoms with van der Waals surface area (Å²) in [5, 5.41) is 3.78. The number of thiophene rings is 1. The van der Waals surface area contributed by atoms with E-state index in [2.05, 4.69) is 32.2 Å². The number of nitrogen functional groups attached to an aromatic ring is 1. The Hall–Kier alpha value is -2.80. The van der Waals surface area contributed by atoms with E-state index < -0.39 is 0 Å². The Kier molecular flexibility index (Phi) is 5.56. The molecule has 0 fully saturated rings. The summed E-state index contributed by atoms with van der Waals surface area (Å²) in [7, 11) is 3.14. The van der Waals surface area contributed by atoms with E-state index in [0.29, 0.717) is 33.7 Å². The van der Waals surface area contributed by atoms with Crippen LogP contribution in [0.5, 0.6) is 11.5 Å². The molecule has 6 nitrogen and oxygen atoms in total. The van der Waals surface area contributed by atoms with E-state index in [-0.39, 0.29) is 11.3 Å². The molecule has 0 aliphatic heterocycles. The summed E-state index contributed by atoms with van der Waals surface area (Å²) < 4.78 is 10.6. The predicted octanol–water partition coefficient (Wildman–Crippen LogP) is 5.30. The summed E-state index contributed by atoms with van der Waals surface area (Å²) in [4.78, 5) is 19.2. The molecule has 3 aromatic rings. The quantitative estimate of drug-likeness (QED) is 0.576. The Labute approximate surface area is 186 Å². The number of anilines is 2. The third kappa shape index (κ3) is 4.19. The van der Waals surface area contributed by atoms with Crippen molar-refractivity contribution in [1.29, 1.82) is 0 Å². The second kappa shape index (κ2) is 8.04. The van der Waals surface area contributed by atoms with Crippen LogP contribution in [0.1, 0.15) is 48.1 Å².